The van der Waals surface area contributed by atoms with Crippen molar-refractivity contribution in [1.29, 1.82) is 0 Å². The van der Waals surface area contributed by atoms with Gasteiger partial charge in [-0.2, -0.15) is 4.98 Å². The zero-order chi connectivity index (χ0) is 17.0. The average molecular weight is 316 g/mol. The number of hydrogen-bond donors (Lipinski definition) is 1. The highest BCUT2D eigenvalue weighted by Gasteiger charge is 2.20. The molecular formula is C17H24N4O2. The molecule has 1 N–H and O–H groups in total. The van der Waals surface area contributed by atoms with Gasteiger partial charge in [0.15, 0.2) is 5.82 Å². The zero-order valence-electron chi connectivity index (χ0n) is 14.4. The van der Waals surface area contributed by atoms with Crippen molar-refractivity contribution in [1.82, 2.24) is 15.0 Å². The first kappa shape index (κ1) is 17.1. The fourth-order valence-electron chi connectivity index (χ4n) is 2.32. The number of aromatic nitrogens is 2. The first-order valence-electron chi connectivity index (χ1n) is 7.81. The number of likely N-dealkylation sites (N-methyl/N-ethyl adjacent to an activating group) is 1. The summed E-state index contributed by atoms with van der Waals surface area (Å²) in [7, 11) is 1.87. The zero-order valence-corrected chi connectivity index (χ0v) is 14.4. The maximum Gasteiger partial charge on any atom is 0.243 e. The molecule has 1 amide bonds. The van der Waals surface area contributed by atoms with Gasteiger partial charge in [-0.25, -0.2) is 0 Å². The van der Waals surface area contributed by atoms with E-state index in [1.807, 2.05) is 57.8 Å². The molecule has 0 spiro atoms. The minimum Gasteiger partial charge on any atom is -0.338 e. The molecule has 1 atom stereocenters. The van der Waals surface area contributed by atoms with Gasteiger partial charge in [0.25, 0.3) is 0 Å². The highest BCUT2D eigenvalue weighted by Crippen LogP contribution is 2.20. The van der Waals surface area contributed by atoms with Crippen LogP contribution < -0.4 is 5.32 Å². The van der Waals surface area contributed by atoms with Gasteiger partial charge in [-0.1, -0.05) is 30.3 Å². The summed E-state index contributed by atoms with van der Waals surface area (Å²) in [5.41, 5.74) is 2.99. The van der Waals surface area contributed by atoms with Gasteiger partial charge in [-0.05, 0) is 38.9 Å². The summed E-state index contributed by atoms with van der Waals surface area (Å²) in [4.78, 5) is 18.5. The third-order valence-corrected chi connectivity index (χ3v) is 3.96. The normalized spacial score (nSPS) is 12.4. The summed E-state index contributed by atoms with van der Waals surface area (Å²) in [6.07, 6.45) is 0.729. The molecule has 0 unspecified atom stereocenters. The standard InChI is InChI=1S/C17H24N4O2/c1-6-14-18-17(23-20-14)13(4)21(5)10-15(22)19-16-11(2)8-7-9-12(16)3/h7-9,13H,6,10H2,1-5H3,(H,19,22)/t13-/m0/s1. The predicted octanol–water partition coefficient (Wildman–Crippen LogP) is 2.88. The summed E-state index contributed by atoms with van der Waals surface area (Å²) in [5, 5.41) is 6.88. The summed E-state index contributed by atoms with van der Waals surface area (Å²) in [6, 6.07) is 5.83. The molecule has 0 aliphatic rings. The number of rotatable bonds is 6. The van der Waals surface area contributed by atoms with E-state index < -0.39 is 0 Å². The maximum absolute atomic E-state index is 12.3. The molecule has 2 aromatic rings. The highest BCUT2D eigenvalue weighted by molar-refractivity contribution is 5.93. The van der Waals surface area contributed by atoms with Crippen LogP contribution in [0, 0.1) is 13.8 Å². The van der Waals surface area contributed by atoms with Crippen LogP contribution in [0.3, 0.4) is 0 Å². The van der Waals surface area contributed by atoms with Crippen LogP contribution in [0.15, 0.2) is 22.7 Å². The molecule has 1 aromatic carbocycles. The minimum atomic E-state index is -0.119. The summed E-state index contributed by atoms with van der Waals surface area (Å²) >= 11 is 0. The van der Waals surface area contributed by atoms with Gasteiger partial charge in [0.1, 0.15) is 0 Å². The van der Waals surface area contributed by atoms with Crippen molar-refractivity contribution in [2.24, 2.45) is 0 Å². The van der Waals surface area contributed by atoms with Crippen LogP contribution in [0.2, 0.25) is 0 Å². The van der Waals surface area contributed by atoms with Crippen molar-refractivity contribution >= 4 is 11.6 Å². The number of aryl methyl sites for hydroxylation is 3. The monoisotopic (exact) mass is 316 g/mol. The molecule has 1 heterocycles. The molecular weight excluding hydrogens is 292 g/mol. The molecule has 0 saturated heterocycles. The lowest BCUT2D eigenvalue weighted by atomic mass is 10.1. The van der Waals surface area contributed by atoms with Gasteiger partial charge in [0.2, 0.25) is 11.8 Å². The van der Waals surface area contributed by atoms with E-state index in [0.717, 1.165) is 23.2 Å². The number of carbonyl (C=O) groups is 1. The molecule has 0 aliphatic heterocycles. The Morgan fingerprint density at radius 3 is 2.57 bits per heavy atom. The van der Waals surface area contributed by atoms with E-state index in [1.54, 1.807) is 0 Å². The Labute approximate surface area is 136 Å². The summed E-state index contributed by atoms with van der Waals surface area (Å²) < 4.78 is 5.24. The fourth-order valence-corrected chi connectivity index (χ4v) is 2.32. The summed E-state index contributed by atoms with van der Waals surface area (Å²) in [5.74, 6) is 1.15. The van der Waals surface area contributed by atoms with Gasteiger partial charge in [-0.3, -0.25) is 9.69 Å². The number of nitrogens with one attached hydrogen (secondary N) is 1. The second kappa shape index (κ2) is 7.37. The van der Waals surface area contributed by atoms with E-state index >= 15 is 0 Å². The number of para-hydroxylation sites is 1. The number of hydrogen-bond acceptors (Lipinski definition) is 5. The lowest BCUT2D eigenvalue weighted by molar-refractivity contribution is -0.117. The van der Waals surface area contributed by atoms with Gasteiger partial charge in [-0.15, -0.1) is 0 Å². The first-order valence-corrected chi connectivity index (χ1v) is 7.81. The predicted molar refractivity (Wildman–Crippen MR) is 89.3 cm³/mol. The number of nitrogens with zero attached hydrogens (tertiary/aromatic N) is 3. The number of benzene rings is 1. The van der Waals surface area contributed by atoms with E-state index in [4.69, 9.17) is 4.52 Å². The third kappa shape index (κ3) is 4.16. The van der Waals surface area contributed by atoms with Crippen molar-refractivity contribution in [3.63, 3.8) is 0 Å². The molecule has 124 valence electrons. The van der Waals surface area contributed by atoms with Crippen molar-refractivity contribution in [2.45, 2.75) is 40.2 Å². The van der Waals surface area contributed by atoms with Crippen molar-refractivity contribution in [3.8, 4) is 0 Å². The molecule has 6 nitrogen and oxygen atoms in total. The maximum atomic E-state index is 12.3. The second-order valence-electron chi connectivity index (χ2n) is 5.81. The Morgan fingerprint density at radius 1 is 1.35 bits per heavy atom. The fraction of sp³-hybridized carbons (Fsp3) is 0.471. The van der Waals surface area contributed by atoms with Gasteiger partial charge >= 0.3 is 0 Å². The van der Waals surface area contributed by atoms with Crippen LogP contribution in [0.5, 0.6) is 0 Å². The molecule has 0 fully saturated rings. The molecule has 6 heteroatoms. The van der Waals surface area contributed by atoms with Gasteiger partial charge in [0, 0.05) is 12.1 Å². The lowest BCUT2D eigenvalue weighted by Crippen LogP contribution is -2.32. The molecule has 1 aromatic heterocycles. The second-order valence-corrected chi connectivity index (χ2v) is 5.81. The third-order valence-electron chi connectivity index (χ3n) is 3.96. The lowest BCUT2D eigenvalue weighted by Gasteiger charge is -2.21. The van der Waals surface area contributed by atoms with E-state index in [9.17, 15) is 4.79 Å². The number of anilines is 1. The van der Waals surface area contributed by atoms with Crippen molar-refractivity contribution < 1.29 is 9.32 Å². The minimum absolute atomic E-state index is 0.0630. The quantitative estimate of drug-likeness (QED) is 0.887. The topological polar surface area (TPSA) is 71.3 Å². The van der Waals surface area contributed by atoms with Crippen molar-refractivity contribution in [2.75, 3.05) is 18.9 Å². The number of carbonyl (C=O) groups excluding carboxylic acids is 1. The highest BCUT2D eigenvalue weighted by atomic mass is 16.5. The first-order chi connectivity index (χ1) is 10.9. The van der Waals surface area contributed by atoms with E-state index in [0.29, 0.717) is 11.7 Å². The SMILES string of the molecule is CCc1noc([C@H](C)N(C)CC(=O)Nc2c(C)cccc2C)n1. The Kier molecular flexibility index (Phi) is 5.50. The van der Waals surface area contributed by atoms with Crippen LogP contribution in [0.25, 0.3) is 0 Å². The molecule has 2 rings (SSSR count). The van der Waals surface area contributed by atoms with Gasteiger partial charge < -0.3 is 9.84 Å². The van der Waals surface area contributed by atoms with Crippen LogP contribution in [0.4, 0.5) is 5.69 Å². The summed E-state index contributed by atoms with van der Waals surface area (Å²) in [6.45, 7) is 8.14. The van der Waals surface area contributed by atoms with Crippen molar-refractivity contribution in [3.05, 3.63) is 41.0 Å². The van der Waals surface area contributed by atoms with Crippen LogP contribution in [-0.2, 0) is 11.2 Å². The largest absolute Gasteiger partial charge is 0.338 e. The average Bonchev–Trinajstić information content (AvgIpc) is 2.99. The van der Waals surface area contributed by atoms with E-state index in [-0.39, 0.29) is 18.5 Å². The molecule has 0 aliphatic carbocycles. The smallest absolute Gasteiger partial charge is 0.243 e. The molecule has 0 bridgehead atoms. The Balaban J connectivity index is 1.99. The molecule has 0 radical (unpaired) electrons. The van der Waals surface area contributed by atoms with Crippen LogP contribution in [0.1, 0.15) is 42.7 Å². The Bertz CT molecular complexity index is 661. The van der Waals surface area contributed by atoms with Gasteiger partial charge in [0.05, 0.1) is 12.6 Å². The van der Waals surface area contributed by atoms with Crippen LogP contribution >= 0.6 is 0 Å². The van der Waals surface area contributed by atoms with E-state index in [1.165, 1.54) is 0 Å². The van der Waals surface area contributed by atoms with E-state index in [2.05, 4.69) is 15.5 Å². The Morgan fingerprint density at radius 2 is 2.00 bits per heavy atom. The Hall–Kier alpha value is -2.21. The van der Waals surface area contributed by atoms with Crippen LogP contribution in [-0.4, -0.2) is 34.5 Å². The number of amides is 1. The molecule has 23 heavy (non-hydrogen) atoms. The molecule has 0 saturated carbocycles.